The molecule has 0 fully saturated rings. The van der Waals surface area contributed by atoms with Crippen LogP contribution in [-0.4, -0.2) is 27.3 Å². The maximum atomic E-state index is 12.9. The van der Waals surface area contributed by atoms with Gasteiger partial charge >= 0.3 is 0 Å². The maximum absolute atomic E-state index is 12.9. The van der Waals surface area contributed by atoms with Crippen LogP contribution in [0.2, 0.25) is 0 Å². The molecular weight excluding hydrogens is 329 g/mol. The van der Waals surface area contributed by atoms with Crippen LogP contribution in [0.25, 0.3) is 5.69 Å². The Labute approximate surface area is 142 Å². The average molecular weight is 345 g/mol. The number of hydrogen-bond acceptors (Lipinski definition) is 4. The Kier molecular flexibility index (Phi) is 5.02. The van der Waals surface area contributed by atoms with E-state index in [0.717, 1.165) is 10.6 Å². The summed E-state index contributed by atoms with van der Waals surface area (Å²) < 4.78 is 14.5. The number of thiophene rings is 1. The molecule has 1 amide bonds. The van der Waals surface area contributed by atoms with Gasteiger partial charge in [0, 0.05) is 17.6 Å². The Morgan fingerprint density at radius 1 is 1.29 bits per heavy atom. The van der Waals surface area contributed by atoms with Gasteiger partial charge in [0.15, 0.2) is 0 Å². The highest BCUT2D eigenvalue weighted by Gasteiger charge is 2.12. The van der Waals surface area contributed by atoms with E-state index in [2.05, 4.69) is 10.4 Å². The third-order valence-electron chi connectivity index (χ3n) is 3.44. The van der Waals surface area contributed by atoms with E-state index in [4.69, 9.17) is 0 Å². The highest BCUT2D eigenvalue weighted by atomic mass is 32.1. The van der Waals surface area contributed by atoms with Crippen molar-refractivity contribution in [2.75, 3.05) is 6.54 Å². The van der Waals surface area contributed by atoms with Crippen molar-refractivity contribution in [3.63, 3.8) is 0 Å². The lowest BCUT2D eigenvalue weighted by atomic mass is 10.2. The zero-order valence-electron chi connectivity index (χ0n) is 12.7. The summed E-state index contributed by atoms with van der Waals surface area (Å²) in [6.07, 6.45) is 1.13. The monoisotopic (exact) mass is 345 g/mol. The predicted molar refractivity (Wildman–Crippen MR) is 89.5 cm³/mol. The summed E-state index contributed by atoms with van der Waals surface area (Å²) in [5.74, 6) is -0.523. The van der Waals surface area contributed by atoms with Crippen LogP contribution in [0.15, 0.2) is 54.0 Å². The first-order valence-electron chi connectivity index (χ1n) is 7.40. The van der Waals surface area contributed by atoms with Gasteiger partial charge in [0.2, 0.25) is 5.91 Å². The summed E-state index contributed by atoms with van der Waals surface area (Å²) >= 11 is 1.44. The molecular formula is C17H16FN3O2S. The number of benzene rings is 1. The van der Waals surface area contributed by atoms with E-state index in [0.29, 0.717) is 5.69 Å². The Morgan fingerprint density at radius 3 is 2.79 bits per heavy atom. The fraction of sp³-hybridized carbons (Fsp3) is 0.176. The Bertz CT molecular complexity index is 800. The summed E-state index contributed by atoms with van der Waals surface area (Å²) in [5, 5.41) is 18.8. The molecule has 124 valence electrons. The number of carbonyl (C=O) groups excluding carboxylic acids is 1. The van der Waals surface area contributed by atoms with Crippen molar-refractivity contribution in [2.45, 2.75) is 12.5 Å². The van der Waals surface area contributed by atoms with E-state index in [1.54, 1.807) is 29.1 Å². The van der Waals surface area contributed by atoms with Crippen molar-refractivity contribution in [3.8, 4) is 5.69 Å². The van der Waals surface area contributed by atoms with Gasteiger partial charge in [-0.05, 0) is 41.8 Å². The number of aliphatic hydroxyl groups excluding tert-OH is 1. The Hall–Kier alpha value is -2.51. The van der Waals surface area contributed by atoms with Crippen LogP contribution in [0, 0.1) is 5.82 Å². The quantitative estimate of drug-likeness (QED) is 0.721. The number of rotatable bonds is 6. The predicted octanol–water partition coefficient (Wildman–Crippen LogP) is 2.47. The van der Waals surface area contributed by atoms with Gasteiger partial charge in [-0.25, -0.2) is 9.07 Å². The number of aromatic nitrogens is 2. The number of aliphatic hydroxyl groups is 1. The van der Waals surface area contributed by atoms with E-state index in [-0.39, 0.29) is 24.7 Å². The minimum absolute atomic E-state index is 0.116. The molecule has 0 unspecified atom stereocenters. The molecule has 2 aromatic heterocycles. The lowest BCUT2D eigenvalue weighted by Crippen LogP contribution is -2.29. The lowest BCUT2D eigenvalue weighted by Gasteiger charge is -2.09. The highest BCUT2D eigenvalue weighted by Crippen LogP contribution is 2.17. The van der Waals surface area contributed by atoms with Crippen molar-refractivity contribution >= 4 is 17.2 Å². The number of nitrogens with one attached hydrogen (secondary N) is 1. The molecule has 0 aliphatic carbocycles. The zero-order chi connectivity index (χ0) is 16.9. The molecule has 7 heteroatoms. The normalized spacial score (nSPS) is 12.1. The molecule has 3 aromatic rings. The third-order valence-corrected chi connectivity index (χ3v) is 4.41. The minimum Gasteiger partial charge on any atom is -0.386 e. The number of nitrogens with zero attached hydrogens (tertiary/aromatic N) is 2. The van der Waals surface area contributed by atoms with Crippen molar-refractivity contribution in [1.29, 1.82) is 0 Å². The summed E-state index contributed by atoms with van der Waals surface area (Å²) in [4.78, 5) is 12.8. The number of halogens is 1. The van der Waals surface area contributed by atoms with Crippen LogP contribution < -0.4 is 5.32 Å². The van der Waals surface area contributed by atoms with E-state index >= 15 is 0 Å². The van der Waals surface area contributed by atoms with Crippen LogP contribution in [0.3, 0.4) is 0 Å². The maximum Gasteiger partial charge on any atom is 0.226 e. The molecule has 0 aliphatic rings. The average Bonchev–Trinajstić information content (AvgIpc) is 3.25. The molecule has 2 N–H and O–H groups in total. The topological polar surface area (TPSA) is 67.2 Å². The molecule has 0 spiro atoms. The summed E-state index contributed by atoms with van der Waals surface area (Å²) in [6.45, 7) is 0.165. The number of amides is 1. The molecule has 5 nitrogen and oxygen atoms in total. The standard InChI is InChI=1S/C17H16FN3O2S/c18-12-3-5-14(6-4-12)21-8-7-13(20-21)10-17(23)19-11-15(22)16-2-1-9-24-16/h1-9,15,22H,10-11H2,(H,19,23)/t15-/m1/s1. The van der Waals surface area contributed by atoms with Crippen LogP contribution in [-0.2, 0) is 11.2 Å². The smallest absolute Gasteiger partial charge is 0.226 e. The molecule has 2 heterocycles. The molecule has 0 saturated heterocycles. The molecule has 1 aromatic carbocycles. The lowest BCUT2D eigenvalue weighted by molar-refractivity contribution is -0.120. The second-order valence-electron chi connectivity index (χ2n) is 5.24. The molecule has 0 bridgehead atoms. The van der Waals surface area contributed by atoms with Gasteiger partial charge in [0.1, 0.15) is 11.9 Å². The first kappa shape index (κ1) is 16.4. The van der Waals surface area contributed by atoms with Crippen molar-refractivity contribution < 1.29 is 14.3 Å². The fourth-order valence-corrected chi connectivity index (χ4v) is 2.92. The van der Waals surface area contributed by atoms with Crippen LogP contribution in [0.5, 0.6) is 0 Å². The first-order chi connectivity index (χ1) is 11.6. The van der Waals surface area contributed by atoms with Gasteiger partial charge in [0.25, 0.3) is 0 Å². The SMILES string of the molecule is O=C(Cc1ccn(-c2ccc(F)cc2)n1)NC[C@@H](O)c1cccs1. The summed E-state index contributed by atoms with van der Waals surface area (Å²) in [5.41, 5.74) is 1.32. The van der Waals surface area contributed by atoms with Crippen LogP contribution in [0.1, 0.15) is 16.7 Å². The number of carbonyl (C=O) groups is 1. The van der Waals surface area contributed by atoms with Gasteiger partial charge in [0.05, 0.1) is 17.8 Å². The molecule has 3 rings (SSSR count). The summed E-state index contributed by atoms with van der Waals surface area (Å²) in [6, 6.07) is 11.4. The fourth-order valence-electron chi connectivity index (χ4n) is 2.21. The minimum atomic E-state index is -0.703. The van der Waals surface area contributed by atoms with Crippen LogP contribution in [0.4, 0.5) is 4.39 Å². The third kappa shape index (κ3) is 4.06. The van der Waals surface area contributed by atoms with Crippen molar-refractivity contribution in [1.82, 2.24) is 15.1 Å². The van der Waals surface area contributed by atoms with Crippen molar-refractivity contribution in [2.24, 2.45) is 0 Å². The van der Waals surface area contributed by atoms with E-state index in [1.807, 2.05) is 17.5 Å². The molecule has 1 atom stereocenters. The summed E-state index contributed by atoms with van der Waals surface area (Å²) in [7, 11) is 0. The number of hydrogen-bond donors (Lipinski definition) is 2. The first-order valence-corrected chi connectivity index (χ1v) is 8.28. The van der Waals surface area contributed by atoms with E-state index in [9.17, 15) is 14.3 Å². The molecule has 0 aliphatic heterocycles. The molecule has 24 heavy (non-hydrogen) atoms. The van der Waals surface area contributed by atoms with E-state index in [1.165, 1.54) is 23.5 Å². The Balaban J connectivity index is 1.54. The highest BCUT2D eigenvalue weighted by molar-refractivity contribution is 7.10. The largest absolute Gasteiger partial charge is 0.386 e. The zero-order valence-corrected chi connectivity index (χ0v) is 13.5. The van der Waals surface area contributed by atoms with E-state index < -0.39 is 6.10 Å². The van der Waals surface area contributed by atoms with Gasteiger partial charge in [-0.2, -0.15) is 5.10 Å². The van der Waals surface area contributed by atoms with Gasteiger partial charge in [-0.1, -0.05) is 6.07 Å². The van der Waals surface area contributed by atoms with Gasteiger partial charge < -0.3 is 10.4 Å². The second-order valence-corrected chi connectivity index (χ2v) is 6.22. The van der Waals surface area contributed by atoms with Gasteiger partial charge in [-0.3, -0.25) is 4.79 Å². The van der Waals surface area contributed by atoms with Crippen molar-refractivity contribution in [3.05, 3.63) is 70.4 Å². The van der Waals surface area contributed by atoms with Gasteiger partial charge in [-0.15, -0.1) is 11.3 Å². The Morgan fingerprint density at radius 2 is 2.08 bits per heavy atom. The second kappa shape index (κ2) is 7.37. The molecule has 0 radical (unpaired) electrons. The molecule has 0 saturated carbocycles. The van der Waals surface area contributed by atoms with Crippen LogP contribution >= 0.6 is 11.3 Å².